The number of ether oxygens (including phenoxy) is 1. The van der Waals surface area contributed by atoms with Crippen LogP contribution in [0.5, 0.6) is 5.75 Å². The van der Waals surface area contributed by atoms with Gasteiger partial charge >= 0.3 is 5.69 Å². The van der Waals surface area contributed by atoms with Gasteiger partial charge in [-0.2, -0.15) is 0 Å². The lowest BCUT2D eigenvalue weighted by molar-refractivity contribution is 0.0918. The van der Waals surface area contributed by atoms with Gasteiger partial charge in [0.1, 0.15) is 17.9 Å². The minimum atomic E-state index is -1.01. The number of H-pyrrole nitrogens is 2. The van der Waals surface area contributed by atoms with Crippen LogP contribution in [0.2, 0.25) is 0 Å². The lowest BCUT2D eigenvalue weighted by Gasteiger charge is -2.18. The molecule has 0 fully saturated rings. The summed E-state index contributed by atoms with van der Waals surface area (Å²) in [6, 6.07) is 11.0. The predicted molar refractivity (Wildman–Crippen MR) is 122 cm³/mol. The molecule has 0 aliphatic heterocycles. The summed E-state index contributed by atoms with van der Waals surface area (Å²) in [5.74, 6) is -2.03. The lowest BCUT2D eigenvalue weighted by atomic mass is 10.2. The summed E-state index contributed by atoms with van der Waals surface area (Å²) < 4.78 is 33.7. The van der Waals surface area contributed by atoms with E-state index in [1.54, 1.807) is 24.3 Å². The maximum atomic E-state index is 13.5. The van der Waals surface area contributed by atoms with E-state index in [4.69, 9.17) is 4.74 Å². The van der Waals surface area contributed by atoms with Crippen molar-refractivity contribution in [3.8, 4) is 5.75 Å². The normalized spacial score (nSPS) is 12.0. The van der Waals surface area contributed by atoms with E-state index in [0.29, 0.717) is 28.8 Å². The first-order valence-electron chi connectivity index (χ1n) is 10.6. The quantitative estimate of drug-likeness (QED) is 0.369. The summed E-state index contributed by atoms with van der Waals surface area (Å²) in [6.45, 7) is 2.01. The highest BCUT2D eigenvalue weighted by Gasteiger charge is 2.17. The Hall–Kier alpha value is -4.21. The number of rotatable bonds is 8. The number of fused-ring (bicyclic) bond motifs is 1. The number of hydrogen-bond acceptors (Lipinski definition) is 4. The van der Waals surface area contributed by atoms with E-state index < -0.39 is 23.1 Å². The van der Waals surface area contributed by atoms with Gasteiger partial charge in [0.25, 0.3) is 11.5 Å². The summed E-state index contributed by atoms with van der Waals surface area (Å²) in [5.41, 5.74) is 0.701. The Bertz CT molecular complexity index is 1460. The highest BCUT2D eigenvalue weighted by atomic mass is 19.2. The summed E-state index contributed by atoms with van der Waals surface area (Å²) in [6.07, 6.45) is 2.02. The standard InChI is InChI=1S/C24H22F2N4O4/c1-2-15(13-34-16-6-8-20-21(11-16)29-24(33)28-20)27-22(31)17-4-3-9-30(23(17)32)12-14-5-7-18(25)19(26)10-14/h3-11,15H,2,12-13H2,1H3,(H,27,31)(H2,28,29,33)/t15-/m1/s1. The van der Waals surface area contributed by atoms with Gasteiger partial charge in [0, 0.05) is 12.3 Å². The highest BCUT2D eigenvalue weighted by molar-refractivity contribution is 5.94. The topological polar surface area (TPSA) is 109 Å². The molecule has 2 heterocycles. The molecular formula is C24H22F2N4O4. The number of carbonyl (C=O) groups is 1. The zero-order chi connectivity index (χ0) is 24.2. The van der Waals surface area contributed by atoms with Crippen molar-refractivity contribution in [3.63, 3.8) is 0 Å². The molecular weight excluding hydrogens is 446 g/mol. The zero-order valence-electron chi connectivity index (χ0n) is 18.2. The Kier molecular flexibility index (Phi) is 6.58. The second kappa shape index (κ2) is 9.74. The summed E-state index contributed by atoms with van der Waals surface area (Å²) in [4.78, 5) is 42.3. The molecule has 0 aliphatic rings. The third-order valence-electron chi connectivity index (χ3n) is 5.37. The largest absolute Gasteiger partial charge is 0.491 e. The Morgan fingerprint density at radius 1 is 1.06 bits per heavy atom. The van der Waals surface area contributed by atoms with Crippen LogP contribution in [-0.4, -0.2) is 33.1 Å². The molecule has 1 atom stereocenters. The van der Waals surface area contributed by atoms with Crippen molar-refractivity contribution in [1.82, 2.24) is 19.9 Å². The minimum Gasteiger partial charge on any atom is -0.491 e. The van der Waals surface area contributed by atoms with E-state index >= 15 is 0 Å². The zero-order valence-corrected chi connectivity index (χ0v) is 18.2. The maximum Gasteiger partial charge on any atom is 0.323 e. The fourth-order valence-corrected chi connectivity index (χ4v) is 3.49. The summed E-state index contributed by atoms with van der Waals surface area (Å²) in [7, 11) is 0. The van der Waals surface area contributed by atoms with Gasteiger partial charge in [0.05, 0.1) is 23.6 Å². The van der Waals surface area contributed by atoms with E-state index in [2.05, 4.69) is 15.3 Å². The lowest BCUT2D eigenvalue weighted by Crippen LogP contribution is -2.41. The van der Waals surface area contributed by atoms with Crippen molar-refractivity contribution in [3.05, 3.63) is 98.3 Å². The Balaban J connectivity index is 1.43. The second-order valence-corrected chi connectivity index (χ2v) is 7.78. The summed E-state index contributed by atoms with van der Waals surface area (Å²) in [5, 5.41) is 2.79. The van der Waals surface area contributed by atoms with Crippen LogP contribution >= 0.6 is 0 Å². The molecule has 2 aromatic carbocycles. The molecule has 4 rings (SSSR count). The van der Waals surface area contributed by atoms with Crippen LogP contribution in [0.4, 0.5) is 8.78 Å². The number of carbonyl (C=O) groups excluding carboxylic acids is 1. The Morgan fingerprint density at radius 3 is 2.62 bits per heavy atom. The van der Waals surface area contributed by atoms with Gasteiger partial charge in [-0.05, 0) is 48.4 Å². The summed E-state index contributed by atoms with van der Waals surface area (Å²) >= 11 is 0. The first-order valence-corrected chi connectivity index (χ1v) is 10.6. The van der Waals surface area contributed by atoms with Crippen molar-refractivity contribution >= 4 is 16.9 Å². The van der Waals surface area contributed by atoms with Gasteiger partial charge in [-0.3, -0.25) is 9.59 Å². The molecule has 0 unspecified atom stereocenters. The van der Waals surface area contributed by atoms with Crippen LogP contribution in [0.1, 0.15) is 29.3 Å². The van der Waals surface area contributed by atoms with Gasteiger partial charge < -0.3 is 24.6 Å². The molecule has 34 heavy (non-hydrogen) atoms. The average molecular weight is 468 g/mol. The molecule has 3 N–H and O–H groups in total. The molecule has 0 radical (unpaired) electrons. The molecule has 0 spiro atoms. The number of benzene rings is 2. The minimum absolute atomic E-state index is 0.0127. The Morgan fingerprint density at radius 2 is 1.85 bits per heavy atom. The molecule has 1 amide bonds. The van der Waals surface area contributed by atoms with Gasteiger partial charge in [0.2, 0.25) is 0 Å². The first-order chi connectivity index (χ1) is 16.3. The van der Waals surface area contributed by atoms with Crippen molar-refractivity contribution in [2.45, 2.75) is 25.9 Å². The number of hydrogen-bond donors (Lipinski definition) is 3. The first kappa shape index (κ1) is 23.0. The van der Waals surface area contributed by atoms with Crippen molar-refractivity contribution in [1.29, 1.82) is 0 Å². The molecule has 0 aliphatic carbocycles. The Labute approximate surface area is 192 Å². The SMILES string of the molecule is CC[C@H](COc1ccc2[nH]c(=O)[nH]c2c1)NC(=O)c1cccn(Cc2ccc(F)c(F)c2)c1=O. The molecule has 4 aromatic rings. The third kappa shape index (κ3) is 5.06. The molecule has 10 heteroatoms. The van der Waals surface area contributed by atoms with Gasteiger partial charge in [-0.25, -0.2) is 13.6 Å². The van der Waals surface area contributed by atoms with E-state index in [1.165, 1.54) is 22.9 Å². The van der Waals surface area contributed by atoms with Crippen LogP contribution in [0, 0.1) is 11.6 Å². The van der Waals surface area contributed by atoms with Crippen LogP contribution in [-0.2, 0) is 6.54 Å². The maximum absolute atomic E-state index is 13.5. The smallest absolute Gasteiger partial charge is 0.323 e. The number of halogens is 2. The number of aromatic amines is 2. The van der Waals surface area contributed by atoms with Crippen LogP contribution in [0.3, 0.4) is 0 Å². The van der Waals surface area contributed by atoms with E-state index in [-0.39, 0.29) is 30.4 Å². The number of amides is 1. The van der Waals surface area contributed by atoms with Crippen LogP contribution in [0.25, 0.3) is 11.0 Å². The molecule has 176 valence electrons. The number of nitrogens with zero attached hydrogens (tertiary/aromatic N) is 1. The van der Waals surface area contributed by atoms with Crippen molar-refractivity contribution in [2.24, 2.45) is 0 Å². The molecule has 0 saturated heterocycles. The van der Waals surface area contributed by atoms with Crippen molar-refractivity contribution < 1.29 is 18.3 Å². The second-order valence-electron chi connectivity index (χ2n) is 7.78. The highest BCUT2D eigenvalue weighted by Crippen LogP contribution is 2.17. The van der Waals surface area contributed by atoms with Gasteiger partial charge in [-0.15, -0.1) is 0 Å². The van der Waals surface area contributed by atoms with Gasteiger partial charge in [0.15, 0.2) is 11.6 Å². The van der Waals surface area contributed by atoms with E-state index in [1.807, 2.05) is 6.92 Å². The van der Waals surface area contributed by atoms with E-state index in [9.17, 15) is 23.2 Å². The number of aromatic nitrogens is 3. The van der Waals surface area contributed by atoms with Crippen LogP contribution in [0.15, 0.2) is 64.3 Å². The molecule has 2 aromatic heterocycles. The van der Waals surface area contributed by atoms with Gasteiger partial charge in [-0.1, -0.05) is 13.0 Å². The van der Waals surface area contributed by atoms with E-state index in [0.717, 1.165) is 12.1 Å². The molecule has 0 bridgehead atoms. The molecule has 8 nitrogen and oxygen atoms in total. The van der Waals surface area contributed by atoms with Crippen LogP contribution < -0.4 is 21.3 Å². The monoisotopic (exact) mass is 468 g/mol. The number of imidazole rings is 1. The third-order valence-corrected chi connectivity index (χ3v) is 5.37. The number of nitrogens with one attached hydrogen (secondary N) is 3. The van der Waals surface area contributed by atoms with Crippen molar-refractivity contribution in [2.75, 3.05) is 6.61 Å². The predicted octanol–water partition coefficient (Wildman–Crippen LogP) is 2.93. The fraction of sp³-hybridized carbons (Fsp3) is 0.208. The number of pyridine rings is 1. The molecule has 0 saturated carbocycles. The fourth-order valence-electron chi connectivity index (χ4n) is 3.49. The average Bonchev–Trinajstić information content (AvgIpc) is 3.19.